The molecular weight excluding hydrogens is 362 g/mol. The van der Waals surface area contributed by atoms with Gasteiger partial charge in [-0.15, -0.1) is 0 Å². The van der Waals surface area contributed by atoms with Crippen LogP contribution < -0.4 is 10.0 Å². The maximum absolute atomic E-state index is 12.6. The fourth-order valence-electron chi connectivity index (χ4n) is 4.24. The monoisotopic (exact) mass is 393 g/mol. The first-order valence-electron chi connectivity index (χ1n) is 10.2. The normalized spacial score (nSPS) is 27.1. The maximum atomic E-state index is 12.6. The molecule has 4 rings (SSSR count). The van der Waals surface area contributed by atoms with Crippen LogP contribution in [0, 0.1) is 17.3 Å². The van der Waals surface area contributed by atoms with Crippen LogP contribution in [-0.4, -0.2) is 38.7 Å². The first-order valence-corrected chi connectivity index (χ1v) is 11.7. The van der Waals surface area contributed by atoms with Gasteiger partial charge in [-0.3, -0.25) is 0 Å². The topological polar surface area (TPSA) is 80.3 Å². The lowest BCUT2D eigenvalue weighted by Gasteiger charge is -2.18. The summed E-state index contributed by atoms with van der Waals surface area (Å²) in [6.45, 7) is 5.89. The van der Waals surface area contributed by atoms with E-state index in [9.17, 15) is 8.42 Å². The second-order valence-electron chi connectivity index (χ2n) is 9.09. The molecule has 6 nitrogen and oxygen atoms in total. The van der Waals surface area contributed by atoms with Gasteiger partial charge < -0.3 is 10.1 Å². The van der Waals surface area contributed by atoms with Crippen molar-refractivity contribution >= 4 is 15.8 Å². The van der Waals surface area contributed by atoms with Crippen LogP contribution in [0.1, 0.15) is 52.4 Å². The van der Waals surface area contributed by atoms with Gasteiger partial charge in [0.25, 0.3) is 0 Å². The van der Waals surface area contributed by atoms with E-state index in [1.54, 1.807) is 12.1 Å². The Hall–Kier alpha value is -1.18. The Morgan fingerprint density at radius 1 is 1.30 bits per heavy atom. The van der Waals surface area contributed by atoms with Crippen molar-refractivity contribution in [2.45, 2.75) is 69.4 Å². The van der Waals surface area contributed by atoms with Gasteiger partial charge in [-0.25, -0.2) is 18.1 Å². The van der Waals surface area contributed by atoms with Crippen molar-refractivity contribution in [3.63, 3.8) is 0 Å². The molecular formula is C20H31N3O3S. The molecule has 2 aliphatic carbocycles. The van der Waals surface area contributed by atoms with Gasteiger partial charge in [0.2, 0.25) is 10.0 Å². The third-order valence-corrected chi connectivity index (χ3v) is 7.49. The highest BCUT2D eigenvalue weighted by Gasteiger charge is 2.42. The highest BCUT2D eigenvalue weighted by atomic mass is 32.2. The quantitative estimate of drug-likeness (QED) is 0.674. The fraction of sp³-hybridized carbons (Fsp3) is 0.750. The molecule has 1 aliphatic heterocycles. The van der Waals surface area contributed by atoms with E-state index in [-0.39, 0.29) is 17.0 Å². The van der Waals surface area contributed by atoms with E-state index in [0.29, 0.717) is 23.9 Å². The first kappa shape index (κ1) is 19.2. The number of rotatable bonds is 9. The molecule has 1 aromatic heterocycles. The number of anilines is 1. The van der Waals surface area contributed by atoms with Crippen molar-refractivity contribution in [3.8, 4) is 0 Å². The van der Waals surface area contributed by atoms with Crippen LogP contribution in [-0.2, 0) is 14.8 Å². The average Bonchev–Trinajstić information content (AvgIpc) is 3.54. The van der Waals surface area contributed by atoms with E-state index in [4.69, 9.17) is 4.74 Å². The standard InChI is InChI=1S/C20H31N3O3S/c1-14(2)10-20(7-8-20)13-22-19-6-5-17(11-21-19)27(24,25)23-16-9-18(26-12-16)15-3-4-15/h5-6,11,14-16,18,23H,3-4,7-10,12-13H2,1-2H3,(H,21,22). The van der Waals surface area contributed by atoms with E-state index in [1.165, 1.54) is 38.3 Å². The summed E-state index contributed by atoms with van der Waals surface area (Å²) in [5.41, 5.74) is 0.405. The van der Waals surface area contributed by atoms with Crippen LogP contribution in [0.15, 0.2) is 23.2 Å². The molecule has 1 aromatic rings. The summed E-state index contributed by atoms with van der Waals surface area (Å²) in [6, 6.07) is 3.26. The molecule has 0 spiro atoms. The summed E-state index contributed by atoms with van der Waals surface area (Å²) in [5.74, 6) is 2.07. The van der Waals surface area contributed by atoms with Crippen LogP contribution >= 0.6 is 0 Å². The molecule has 7 heteroatoms. The summed E-state index contributed by atoms with van der Waals surface area (Å²) in [7, 11) is -3.56. The Morgan fingerprint density at radius 3 is 2.67 bits per heavy atom. The van der Waals surface area contributed by atoms with Crippen LogP contribution in [0.3, 0.4) is 0 Å². The summed E-state index contributed by atoms with van der Waals surface area (Å²) >= 11 is 0. The summed E-state index contributed by atoms with van der Waals surface area (Å²) in [5, 5.41) is 3.38. The molecule has 0 bridgehead atoms. The van der Waals surface area contributed by atoms with E-state index >= 15 is 0 Å². The van der Waals surface area contributed by atoms with Crippen molar-refractivity contribution in [2.24, 2.45) is 17.3 Å². The van der Waals surface area contributed by atoms with Gasteiger partial charge in [-0.05, 0) is 67.9 Å². The molecule has 0 radical (unpaired) electrons. The smallest absolute Gasteiger partial charge is 0.242 e. The molecule has 0 aromatic carbocycles. The second-order valence-corrected chi connectivity index (χ2v) is 10.8. The van der Waals surface area contributed by atoms with Crippen LogP contribution in [0.5, 0.6) is 0 Å². The zero-order valence-corrected chi connectivity index (χ0v) is 17.1. The zero-order valence-electron chi connectivity index (χ0n) is 16.3. The molecule has 150 valence electrons. The van der Waals surface area contributed by atoms with E-state index in [1.807, 2.05) is 0 Å². The van der Waals surface area contributed by atoms with E-state index in [0.717, 1.165) is 18.8 Å². The molecule has 2 unspecified atom stereocenters. The molecule has 0 amide bonds. The van der Waals surface area contributed by atoms with E-state index in [2.05, 4.69) is 28.9 Å². The van der Waals surface area contributed by atoms with Gasteiger partial charge in [0, 0.05) is 18.8 Å². The highest BCUT2D eigenvalue weighted by molar-refractivity contribution is 7.89. The minimum atomic E-state index is -3.56. The molecule has 2 heterocycles. The number of hydrogen-bond donors (Lipinski definition) is 2. The van der Waals surface area contributed by atoms with Crippen LogP contribution in [0.4, 0.5) is 5.82 Å². The summed E-state index contributed by atoms with van der Waals surface area (Å²) < 4.78 is 33.7. The van der Waals surface area contributed by atoms with Crippen LogP contribution in [0.2, 0.25) is 0 Å². The lowest BCUT2D eigenvalue weighted by atomic mass is 9.94. The Morgan fingerprint density at radius 2 is 2.07 bits per heavy atom. The number of aromatic nitrogens is 1. The van der Waals surface area contributed by atoms with Crippen molar-refractivity contribution in [2.75, 3.05) is 18.5 Å². The second kappa shape index (κ2) is 7.33. The van der Waals surface area contributed by atoms with E-state index < -0.39 is 10.0 Å². The highest BCUT2D eigenvalue weighted by Crippen LogP contribution is 2.50. The predicted octanol–water partition coefficient (Wildman–Crippen LogP) is 3.17. The summed E-state index contributed by atoms with van der Waals surface area (Å²) in [6.07, 6.45) is 8.61. The van der Waals surface area contributed by atoms with Crippen molar-refractivity contribution in [1.82, 2.24) is 9.71 Å². The molecule has 1 saturated heterocycles. The van der Waals surface area contributed by atoms with Crippen molar-refractivity contribution in [1.29, 1.82) is 0 Å². The zero-order chi connectivity index (χ0) is 19.1. The number of sulfonamides is 1. The minimum Gasteiger partial charge on any atom is -0.376 e. The van der Waals surface area contributed by atoms with Gasteiger partial charge >= 0.3 is 0 Å². The minimum absolute atomic E-state index is 0.135. The lowest BCUT2D eigenvalue weighted by Crippen LogP contribution is -2.35. The van der Waals surface area contributed by atoms with Crippen LogP contribution in [0.25, 0.3) is 0 Å². The number of pyridine rings is 1. The fourth-order valence-corrected chi connectivity index (χ4v) is 5.42. The largest absolute Gasteiger partial charge is 0.376 e. The third-order valence-electron chi connectivity index (χ3n) is 5.99. The number of nitrogens with zero attached hydrogens (tertiary/aromatic N) is 1. The maximum Gasteiger partial charge on any atom is 0.242 e. The Labute approximate surface area is 162 Å². The number of hydrogen-bond acceptors (Lipinski definition) is 5. The molecule has 2 atom stereocenters. The molecule has 27 heavy (non-hydrogen) atoms. The van der Waals surface area contributed by atoms with Crippen molar-refractivity contribution in [3.05, 3.63) is 18.3 Å². The molecule has 2 saturated carbocycles. The van der Waals surface area contributed by atoms with Crippen molar-refractivity contribution < 1.29 is 13.2 Å². The Kier molecular flexibility index (Phi) is 5.20. The third kappa shape index (κ3) is 4.81. The molecule has 3 fully saturated rings. The SMILES string of the molecule is CC(C)CC1(CNc2ccc(S(=O)(=O)NC3COC(C4CC4)C3)cn2)CC1. The first-order chi connectivity index (χ1) is 12.9. The number of ether oxygens (including phenoxy) is 1. The predicted molar refractivity (Wildman–Crippen MR) is 105 cm³/mol. The Balaban J connectivity index is 1.31. The van der Waals surface area contributed by atoms with Gasteiger partial charge in [-0.2, -0.15) is 0 Å². The average molecular weight is 394 g/mol. The van der Waals surface area contributed by atoms with Gasteiger partial charge in [0.1, 0.15) is 10.7 Å². The Bertz CT molecular complexity index is 755. The lowest BCUT2D eigenvalue weighted by molar-refractivity contribution is 0.0926. The molecule has 3 aliphatic rings. The summed E-state index contributed by atoms with van der Waals surface area (Å²) in [4.78, 5) is 4.54. The van der Waals surface area contributed by atoms with Gasteiger partial charge in [-0.1, -0.05) is 13.8 Å². The number of nitrogens with one attached hydrogen (secondary N) is 2. The van der Waals surface area contributed by atoms with Gasteiger partial charge in [0.05, 0.1) is 12.7 Å². The van der Waals surface area contributed by atoms with Gasteiger partial charge in [0.15, 0.2) is 0 Å². The molecule has 2 N–H and O–H groups in total.